The number of rotatable bonds is 14. The normalized spacial score (nSPS) is 20.7. The van der Waals surface area contributed by atoms with Gasteiger partial charge in [-0.15, -0.1) is 13.2 Å². The van der Waals surface area contributed by atoms with Gasteiger partial charge in [-0.1, -0.05) is 36.6 Å². The highest BCUT2D eigenvalue weighted by molar-refractivity contribution is 6.31. The molecule has 1 saturated heterocycles. The molecule has 0 spiro atoms. The van der Waals surface area contributed by atoms with E-state index in [9.17, 15) is 19.2 Å². The van der Waals surface area contributed by atoms with E-state index >= 15 is 0 Å². The zero-order valence-corrected chi connectivity index (χ0v) is 28.6. The van der Waals surface area contributed by atoms with E-state index in [4.69, 9.17) is 30.6 Å². The van der Waals surface area contributed by atoms with Crippen molar-refractivity contribution in [1.29, 1.82) is 0 Å². The van der Waals surface area contributed by atoms with E-state index in [-0.39, 0.29) is 35.8 Å². The fraction of sp³-hybridized carbons (Fsp3) is 0.529. The Bertz CT molecular complexity index is 1530. The molecule has 2 aliphatic rings. The summed E-state index contributed by atoms with van der Waals surface area (Å²) in [6.45, 7) is 12.5. The minimum Gasteiger partial charge on any atom is -0.497 e. The maximum absolute atomic E-state index is 14.1. The van der Waals surface area contributed by atoms with Crippen molar-refractivity contribution in [2.24, 2.45) is 11.8 Å². The van der Waals surface area contributed by atoms with Gasteiger partial charge in [-0.25, -0.2) is 19.6 Å². The van der Waals surface area contributed by atoms with E-state index < -0.39 is 47.7 Å². The first kappa shape index (κ1) is 36.4. The quantitative estimate of drug-likeness (QED) is 0.156. The molecule has 5 atom stereocenters. The number of hydrogen-bond acceptors (Lipinski definition) is 10. The lowest BCUT2D eigenvalue weighted by Gasteiger charge is -2.29. The second-order valence-electron chi connectivity index (χ2n) is 12.9. The summed E-state index contributed by atoms with van der Waals surface area (Å²) in [7, 11) is 1.53. The Morgan fingerprint density at radius 3 is 2.54 bits per heavy atom. The van der Waals surface area contributed by atoms with Crippen LogP contribution in [0.1, 0.15) is 65.7 Å². The highest BCUT2D eigenvalue weighted by Gasteiger charge is 2.46. The first-order valence-electron chi connectivity index (χ1n) is 16.1. The van der Waals surface area contributed by atoms with E-state index in [2.05, 4.69) is 33.9 Å². The predicted molar refractivity (Wildman–Crippen MR) is 178 cm³/mol. The molecule has 2 unspecified atom stereocenters. The summed E-state index contributed by atoms with van der Waals surface area (Å²) in [5, 5.41) is 2.69. The molecule has 13 nitrogen and oxygen atoms in total. The number of benzene rings is 1. The van der Waals surface area contributed by atoms with Crippen molar-refractivity contribution in [3.05, 3.63) is 48.7 Å². The molecule has 0 bridgehead atoms. The second-order valence-corrected chi connectivity index (χ2v) is 13.3. The van der Waals surface area contributed by atoms with Crippen LogP contribution < -0.4 is 20.3 Å². The van der Waals surface area contributed by atoms with Gasteiger partial charge in [0.2, 0.25) is 5.91 Å². The number of alkyl carbamates (subject to hydrolysis) is 1. The number of methoxy groups -OCH3 is 1. The predicted octanol–water partition coefficient (Wildman–Crippen LogP) is 5.07. The molecule has 2 heterocycles. The molecule has 260 valence electrons. The summed E-state index contributed by atoms with van der Waals surface area (Å²) >= 11 is 6.43. The summed E-state index contributed by atoms with van der Waals surface area (Å²) in [5.41, 5.74) is 2.42. The molecule has 1 aliphatic heterocycles. The second kappa shape index (κ2) is 16.1. The molecule has 1 saturated carbocycles. The van der Waals surface area contributed by atoms with Crippen LogP contribution in [0.25, 0.3) is 11.0 Å². The number of allylic oxidation sites excluding steroid dienone is 2. The average molecular weight is 686 g/mol. The molecule has 48 heavy (non-hydrogen) atoms. The molecular formula is C34H44ClN5O8. The Morgan fingerprint density at radius 1 is 1.10 bits per heavy atom. The maximum atomic E-state index is 14.1. The van der Waals surface area contributed by atoms with Crippen molar-refractivity contribution in [2.75, 3.05) is 13.7 Å². The lowest BCUT2D eigenvalue weighted by molar-refractivity contribution is -0.162. The third kappa shape index (κ3) is 9.82. The van der Waals surface area contributed by atoms with E-state index in [0.29, 0.717) is 36.0 Å². The molecule has 1 aliphatic carbocycles. The molecule has 0 radical (unpaired) electrons. The van der Waals surface area contributed by atoms with Gasteiger partial charge < -0.3 is 29.3 Å². The van der Waals surface area contributed by atoms with Crippen molar-refractivity contribution >= 4 is 46.5 Å². The minimum absolute atomic E-state index is 0.00225. The number of carbonyl (C=O) groups excluding carboxylic acids is 4. The number of unbranched alkanes of at least 4 members (excludes halogenated alkanes) is 3. The largest absolute Gasteiger partial charge is 0.497 e. The topological polar surface area (TPSA) is 158 Å². The van der Waals surface area contributed by atoms with Gasteiger partial charge in [-0.3, -0.25) is 9.59 Å². The third-order valence-electron chi connectivity index (χ3n) is 8.01. The summed E-state index contributed by atoms with van der Waals surface area (Å²) in [6.07, 6.45) is 6.01. The van der Waals surface area contributed by atoms with Crippen LogP contribution in [0.15, 0.2) is 43.5 Å². The molecule has 4 rings (SSSR count). The minimum atomic E-state index is -1.11. The number of hydroxylamine groups is 1. The van der Waals surface area contributed by atoms with Gasteiger partial charge in [-0.05, 0) is 64.5 Å². The van der Waals surface area contributed by atoms with Crippen LogP contribution in [0.3, 0.4) is 0 Å². The lowest BCUT2D eigenvalue weighted by atomic mass is 10.1. The number of nitrogens with zero attached hydrogens (tertiary/aromatic N) is 3. The number of amides is 3. The smallest absolute Gasteiger partial charge is 0.408 e. The van der Waals surface area contributed by atoms with Crippen LogP contribution >= 0.6 is 11.6 Å². The number of carbonyl (C=O) groups is 4. The Morgan fingerprint density at radius 2 is 1.88 bits per heavy atom. The first-order valence-corrected chi connectivity index (χ1v) is 16.4. The molecular weight excluding hydrogens is 642 g/mol. The molecule has 2 N–H and O–H groups in total. The van der Waals surface area contributed by atoms with Crippen LogP contribution in [-0.4, -0.2) is 76.2 Å². The van der Waals surface area contributed by atoms with Crippen LogP contribution in [0.4, 0.5) is 4.79 Å². The van der Waals surface area contributed by atoms with Crippen molar-refractivity contribution in [3.8, 4) is 11.6 Å². The van der Waals surface area contributed by atoms with Gasteiger partial charge in [0.1, 0.15) is 29.5 Å². The number of halogens is 1. The van der Waals surface area contributed by atoms with E-state index in [1.165, 1.54) is 12.0 Å². The number of aromatic nitrogens is 2. The SMILES string of the molecule is C=CCCCCC[C@H](NC(=O)OC(C)(C)C)C(=O)N1C[C@H](Oc2nc3cc(OC)ccc3nc2Cl)C[C@H]1C(=O)NOC(=O)C1CC1C=C. The number of ether oxygens (including phenoxy) is 3. The zero-order valence-electron chi connectivity index (χ0n) is 27.8. The van der Waals surface area contributed by atoms with Crippen LogP contribution in [0.2, 0.25) is 5.15 Å². The average Bonchev–Trinajstić information content (AvgIpc) is 3.72. The molecule has 1 aromatic heterocycles. The zero-order chi connectivity index (χ0) is 35.0. The summed E-state index contributed by atoms with van der Waals surface area (Å²) in [6, 6.07) is 3.01. The standard InChI is InChI=1S/C34H44ClN5O8/c1-7-9-10-11-12-13-25(38-33(44)47-34(3,4)5)31(42)40-19-22(18-27(40)29(41)39-48-32(43)23-16-20(23)8-2)46-30-28(35)36-24-15-14-21(45-6)17-26(24)37-30/h7-8,14-15,17,20,22-23,25,27H,1-2,9-13,16,18-19H2,3-6H3,(H,38,44)(H,39,41)/t20?,22-,23?,25+,27+/m1/s1. The van der Waals surface area contributed by atoms with Crippen molar-refractivity contribution in [2.45, 2.75) is 89.5 Å². The van der Waals surface area contributed by atoms with Gasteiger partial charge in [-0.2, -0.15) is 5.48 Å². The summed E-state index contributed by atoms with van der Waals surface area (Å²) in [4.78, 5) is 68.2. The monoisotopic (exact) mass is 685 g/mol. The summed E-state index contributed by atoms with van der Waals surface area (Å²) < 4.78 is 16.9. The van der Waals surface area contributed by atoms with Gasteiger partial charge >= 0.3 is 12.1 Å². The molecule has 3 amide bonds. The third-order valence-corrected chi connectivity index (χ3v) is 8.26. The lowest BCUT2D eigenvalue weighted by Crippen LogP contribution is -2.54. The summed E-state index contributed by atoms with van der Waals surface area (Å²) in [5.74, 6) is -1.64. The van der Waals surface area contributed by atoms with Crippen molar-refractivity contribution < 1.29 is 38.2 Å². The van der Waals surface area contributed by atoms with E-state index in [0.717, 1.165) is 19.3 Å². The first-order chi connectivity index (χ1) is 22.8. The fourth-order valence-corrected chi connectivity index (χ4v) is 5.62. The highest BCUT2D eigenvalue weighted by Crippen LogP contribution is 2.40. The maximum Gasteiger partial charge on any atom is 0.408 e. The van der Waals surface area contributed by atoms with Gasteiger partial charge in [0.25, 0.3) is 11.8 Å². The molecule has 2 fully saturated rings. The highest BCUT2D eigenvalue weighted by atomic mass is 35.5. The van der Waals surface area contributed by atoms with Gasteiger partial charge in [0, 0.05) is 12.5 Å². The number of hydrogen-bond donors (Lipinski definition) is 2. The Labute approximate surface area is 285 Å². The van der Waals surface area contributed by atoms with Crippen LogP contribution in [-0.2, 0) is 24.0 Å². The Hall–Kier alpha value is -4.39. The number of likely N-dealkylation sites (tertiary alicyclic amines) is 1. The van der Waals surface area contributed by atoms with Crippen molar-refractivity contribution in [3.63, 3.8) is 0 Å². The van der Waals surface area contributed by atoms with E-state index in [1.807, 2.05) is 6.08 Å². The number of fused-ring (bicyclic) bond motifs is 1. The van der Waals surface area contributed by atoms with Gasteiger partial charge in [0.05, 0.1) is 30.6 Å². The fourth-order valence-electron chi connectivity index (χ4n) is 5.44. The molecule has 14 heteroatoms. The van der Waals surface area contributed by atoms with Crippen LogP contribution in [0, 0.1) is 11.8 Å². The Kier molecular flexibility index (Phi) is 12.3. The van der Waals surface area contributed by atoms with Gasteiger partial charge in [0.15, 0.2) is 5.15 Å². The Balaban J connectivity index is 1.56. The molecule has 1 aromatic carbocycles. The van der Waals surface area contributed by atoms with E-state index in [1.54, 1.807) is 45.0 Å². The van der Waals surface area contributed by atoms with Crippen LogP contribution in [0.5, 0.6) is 11.6 Å². The number of nitrogens with one attached hydrogen (secondary N) is 2. The van der Waals surface area contributed by atoms with Crippen molar-refractivity contribution in [1.82, 2.24) is 25.7 Å². The molecule has 2 aromatic rings.